The van der Waals surface area contributed by atoms with Gasteiger partial charge in [-0.2, -0.15) is 0 Å². The second-order valence-corrected chi connectivity index (χ2v) is 10.4. The Morgan fingerprint density at radius 1 is 1.08 bits per heavy atom. The summed E-state index contributed by atoms with van der Waals surface area (Å²) >= 11 is 13.5. The lowest BCUT2D eigenvalue weighted by Crippen LogP contribution is -2.41. The third kappa shape index (κ3) is 4.70. The van der Waals surface area contributed by atoms with Crippen LogP contribution in [0.2, 0.25) is 10.0 Å². The number of carbonyl (C=O) groups excluding carboxylic acids is 2. The van der Waals surface area contributed by atoms with Crippen LogP contribution in [0.1, 0.15) is 17.4 Å². The molecule has 1 aliphatic heterocycles. The molecule has 2 aromatic carbocycles. The Morgan fingerprint density at radius 3 is 2.58 bits per heavy atom. The fraction of sp³-hybridized carbons (Fsp3) is 0.231. The van der Waals surface area contributed by atoms with Crippen molar-refractivity contribution in [3.8, 4) is 5.69 Å². The number of halogens is 2. The minimum atomic E-state index is -0.651. The maximum atomic E-state index is 13.7. The second kappa shape index (κ2) is 10.6. The summed E-state index contributed by atoms with van der Waals surface area (Å²) < 4.78 is 7.50. The van der Waals surface area contributed by atoms with Gasteiger partial charge in [0.2, 0.25) is 5.91 Å². The van der Waals surface area contributed by atoms with E-state index in [1.807, 2.05) is 0 Å². The van der Waals surface area contributed by atoms with Crippen LogP contribution in [0, 0.1) is 0 Å². The molecule has 0 bridgehead atoms. The van der Waals surface area contributed by atoms with Gasteiger partial charge in [-0.25, -0.2) is 14.2 Å². The molecule has 0 saturated carbocycles. The summed E-state index contributed by atoms with van der Waals surface area (Å²) in [6, 6.07) is 13.4. The van der Waals surface area contributed by atoms with Crippen molar-refractivity contribution in [1.82, 2.24) is 14.0 Å². The van der Waals surface area contributed by atoms with E-state index in [1.54, 1.807) is 60.4 Å². The first-order valence-corrected chi connectivity index (χ1v) is 13.4. The average Bonchev–Trinajstić information content (AvgIpc) is 3.29. The second-order valence-electron chi connectivity index (χ2n) is 8.55. The maximum absolute atomic E-state index is 13.7. The lowest BCUT2D eigenvalue weighted by atomic mass is 10.1. The number of para-hydroxylation sites is 1. The van der Waals surface area contributed by atoms with Gasteiger partial charge in [-0.3, -0.25) is 14.2 Å². The summed E-state index contributed by atoms with van der Waals surface area (Å²) in [5.74, 6) is -0.518. The van der Waals surface area contributed by atoms with Crippen molar-refractivity contribution < 1.29 is 14.3 Å². The number of ether oxygens (including phenoxy) is 1. The van der Waals surface area contributed by atoms with Gasteiger partial charge in [0.05, 0.1) is 40.0 Å². The van der Waals surface area contributed by atoms with E-state index < -0.39 is 23.2 Å². The summed E-state index contributed by atoms with van der Waals surface area (Å²) in [5.41, 5.74) is 0.350. The van der Waals surface area contributed by atoms with Gasteiger partial charge in [0, 0.05) is 11.4 Å². The van der Waals surface area contributed by atoms with Gasteiger partial charge >= 0.3 is 11.8 Å². The zero-order valence-corrected chi connectivity index (χ0v) is 22.5. The summed E-state index contributed by atoms with van der Waals surface area (Å²) in [4.78, 5) is 55.6. The Kier molecular flexibility index (Phi) is 7.29. The molecule has 0 radical (unpaired) electrons. The largest absolute Gasteiger partial charge is 0.450 e. The van der Waals surface area contributed by atoms with Gasteiger partial charge in [0.15, 0.2) is 0 Å². The van der Waals surface area contributed by atoms with E-state index in [0.717, 1.165) is 15.0 Å². The quantitative estimate of drug-likeness (QED) is 0.374. The summed E-state index contributed by atoms with van der Waals surface area (Å²) in [5, 5.41) is 3.52. The number of hydrogen-bond donors (Lipinski definition) is 1. The van der Waals surface area contributed by atoms with Crippen LogP contribution in [-0.4, -0.2) is 39.2 Å². The normalized spacial score (nSPS) is 12.9. The van der Waals surface area contributed by atoms with Gasteiger partial charge in [0.1, 0.15) is 11.4 Å². The lowest BCUT2D eigenvalue weighted by Gasteiger charge is -2.25. The van der Waals surface area contributed by atoms with Crippen LogP contribution in [0.3, 0.4) is 0 Å². The van der Waals surface area contributed by atoms with E-state index in [4.69, 9.17) is 27.9 Å². The maximum Gasteiger partial charge on any atom is 0.410 e. The van der Waals surface area contributed by atoms with Gasteiger partial charge in [-0.05, 0) is 43.2 Å². The molecule has 3 heterocycles. The SMILES string of the molecule is CCOC(=O)N1CCc2c(sc3c2c(=O)n(-c2ccccc2)c(=O)n3CC(=O)Nc2cccc(Cl)c2Cl)C1. The van der Waals surface area contributed by atoms with Gasteiger partial charge in [-0.1, -0.05) is 47.5 Å². The van der Waals surface area contributed by atoms with Crippen molar-refractivity contribution in [1.29, 1.82) is 0 Å². The molecule has 4 aromatic rings. The van der Waals surface area contributed by atoms with E-state index in [-0.39, 0.29) is 29.7 Å². The van der Waals surface area contributed by atoms with Crippen molar-refractivity contribution >= 4 is 62.4 Å². The number of thiophene rings is 1. The predicted molar refractivity (Wildman–Crippen MR) is 148 cm³/mol. The number of aromatic nitrogens is 2. The van der Waals surface area contributed by atoms with Crippen LogP contribution in [-0.2, 0) is 29.0 Å². The predicted octanol–water partition coefficient (Wildman–Crippen LogP) is 4.67. The molecule has 2 amide bonds. The molecule has 196 valence electrons. The Labute approximate surface area is 230 Å². The number of benzene rings is 2. The first-order chi connectivity index (χ1) is 18.3. The van der Waals surface area contributed by atoms with Crippen LogP contribution >= 0.6 is 34.5 Å². The third-order valence-electron chi connectivity index (χ3n) is 6.19. The van der Waals surface area contributed by atoms with Crippen LogP contribution in [0.15, 0.2) is 58.1 Å². The topological polar surface area (TPSA) is 103 Å². The molecule has 2 aromatic heterocycles. The molecule has 0 unspecified atom stereocenters. The number of nitrogens with one attached hydrogen (secondary N) is 1. The molecule has 0 saturated heterocycles. The molecular weight excluding hydrogens is 551 g/mol. The summed E-state index contributed by atoms with van der Waals surface area (Å²) in [6.45, 7) is 2.24. The molecule has 0 fully saturated rings. The molecular formula is C26H22Cl2N4O5S. The van der Waals surface area contributed by atoms with Crippen LogP contribution in [0.4, 0.5) is 10.5 Å². The van der Waals surface area contributed by atoms with Gasteiger partial charge in [-0.15, -0.1) is 11.3 Å². The highest BCUT2D eigenvalue weighted by Crippen LogP contribution is 2.34. The monoisotopic (exact) mass is 572 g/mol. The molecule has 0 atom stereocenters. The van der Waals surface area contributed by atoms with Crippen molar-refractivity contribution in [3.63, 3.8) is 0 Å². The molecule has 12 heteroatoms. The van der Waals surface area contributed by atoms with Gasteiger partial charge < -0.3 is 15.0 Å². The van der Waals surface area contributed by atoms with E-state index in [1.165, 1.54) is 15.9 Å². The number of nitrogens with zero attached hydrogens (tertiary/aromatic N) is 3. The van der Waals surface area contributed by atoms with Crippen molar-refractivity contribution in [2.24, 2.45) is 0 Å². The summed E-state index contributed by atoms with van der Waals surface area (Å²) in [7, 11) is 0. The first kappa shape index (κ1) is 26.0. The minimum absolute atomic E-state index is 0.180. The number of anilines is 1. The Morgan fingerprint density at radius 2 is 1.84 bits per heavy atom. The minimum Gasteiger partial charge on any atom is -0.450 e. The lowest BCUT2D eigenvalue weighted by molar-refractivity contribution is -0.116. The van der Waals surface area contributed by atoms with Crippen molar-refractivity contribution in [2.75, 3.05) is 18.5 Å². The molecule has 5 rings (SSSR count). The average molecular weight is 573 g/mol. The molecule has 9 nitrogen and oxygen atoms in total. The highest BCUT2D eigenvalue weighted by molar-refractivity contribution is 7.18. The third-order valence-corrected chi connectivity index (χ3v) is 8.25. The Hall–Kier alpha value is -3.60. The number of carbonyl (C=O) groups is 2. The van der Waals surface area contributed by atoms with E-state index in [2.05, 4.69) is 5.32 Å². The molecule has 1 N–H and O–H groups in total. The smallest absolute Gasteiger partial charge is 0.410 e. The highest BCUT2D eigenvalue weighted by Gasteiger charge is 2.29. The Bertz CT molecular complexity index is 1680. The summed E-state index contributed by atoms with van der Waals surface area (Å²) in [6.07, 6.45) is -0.0202. The van der Waals surface area contributed by atoms with Crippen molar-refractivity contribution in [2.45, 2.75) is 26.4 Å². The number of rotatable bonds is 5. The molecule has 38 heavy (non-hydrogen) atoms. The van der Waals surface area contributed by atoms with E-state index >= 15 is 0 Å². The number of amides is 2. The number of fused-ring (bicyclic) bond motifs is 3. The fourth-order valence-electron chi connectivity index (χ4n) is 4.45. The highest BCUT2D eigenvalue weighted by atomic mass is 35.5. The standard InChI is InChI=1S/C26H22Cl2N4O5S/c1-2-37-26(36)30-12-11-16-19(13-30)38-24-21(16)23(34)32(15-7-4-3-5-8-15)25(35)31(24)14-20(33)29-18-10-6-9-17(27)22(18)28/h3-10H,2,11-14H2,1H3,(H,29,33). The zero-order chi connectivity index (χ0) is 27.0. The van der Waals surface area contributed by atoms with E-state index in [0.29, 0.717) is 34.6 Å². The van der Waals surface area contributed by atoms with Crippen LogP contribution < -0.4 is 16.6 Å². The van der Waals surface area contributed by atoms with Crippen LogP contribution in [0.5, 0.6) is 0 Å². The fourth-order valence-corrected chi connectivity index (χ4v) is 6.15. The zero-order valence-electron chi connectivity index (χ0n) is 20.2. The molecule has 1 aliphatic rings. The number of hydrogen-bond acceptors (Lipinski definition) is 6. The van der Waals surface area contributed by atoms with Gasteiger partial charge in [0.25, 0.3) is 5.56 Å². The van der Waals surface area contributed by atoms with E-state index in [9.17, 15) is 19.2 Å². The van der Waals surface area contributed by atoms with Crippen LogP contribution in [0.25, 0.3) is 15.9 Å². The molecule has 0 aliphatic carbocycles. The first-order valence-electron chi connectivity index (χ1n) is 11.8. The van der Waals surface area contributed by atoms with Crippen molar-refractivity contribution in [3.05, 3.63) is 89.9 Å². The molecule has 0 spiro atoms. The Balaban J connectivity index is 1.63.